The number of benzene rings is 1. The predicted octanol–water partition coefficient (Wildman–Crippen LogP) is 1.78. The highest BCUT2D eigenvalue weighted by atomic mass is 14.9. The molecule has 0 atom stereocenters. The molecule has 0 saturated heterocycles. The van der Waals surface area contributed by atoms with Crippen molar-refractivity contribution in [1.82, 2.24) is 10.6 Å². The van der Waals surface area contributed by atoms with E-state index < -0.39 is 0 Å². The molecule has 0 spiro atoms. The zero-order valence-corrected chi connectivity index (χ0v) is 8.92. The second-order valence-corrected chi connectivity index (χ2v) is 3.37. The maximum atomic E-state index is 3.42. The molecular weight excluding hydrogens is 172 g/mol. The Bertz CT molecular complexity index is 221. The molecule has 2 N–H and O–H groups in total. The van der Waals surface area contributed by atoms with E-state index in [2.05, 4.69) is 47.9 Å². The standard InChI is InChI=1S/C12H20N2/c1-2-13-9-6-10-14-11-12-7-4-3-5-8-12/h3-5,7-8,13-14H,2,6,9-11H2,1H3. The van der Waals surface area contributed by atoms with Gasteiger partial charge in [-0.1, -0.05) is 37.3 Å². The van der Waals surface area contributed by atoms with Crippen LogP contribution < -0.4 is 10.6 Å². The zero-order chi connectivity index (χ0) is 10.1. The van der Waals surface area contributed by atoms with Crippen LogP contribution in [0.3, 0.4) is 0 Å². The predicted molar refractivity (Wildman–Crippen MR) is 61.3 cm³/mol. The molecule has 2 nitrogen and oxygen atoms in total. The topological polar surface area (TPSA) is 24.1 Å². The first kappa shape index (κ1) is 11.2. The fraction of sp³-hybridized carbons (Fsp3) is 0.500. The van der Waals surface area contributed by atoms with Gasteiger partial charge in [0.1, 0.15) is 0 Å². The SMILES string of the molecule is CCNCCCNCc1ccccc1. The summed E-state index contributed by atoms with van der Waals surface area (Å²) >= 11 is 0. The lowest BCUT2D eigenvalue weighted by molar-refractivity contribution is 0.606. The first-order chi connectivity index (χ1) is 6.93. The monoisotopic (exact) mass is 192 g/mol. The van der Waals surface area contributed by atoms with Crippen LogP contribution in [0.5, 0.6) is 0 Å². The molecular formula is C12H20N2. The molecule has 0 fully saturated rings. The molecule has 2 heteroatoms. The van der Waals surface area contributed by atoms with E-state index in [0.29, 0.717) is 0 Å². The van der Waals surface area contributed by atoms with Gasteiger partial charge in [-0.2, -0.15) is 0 Å². The molecule has 14 heavy (non-hydrogen) atoms. The van der Waals surface area contributed by atoms with E-state index in [-0.39, 0.29) is 0 Å². The van der Waals surface area contributed by atoms with Crippen molar-refractivity contribution in [2.75, 3.05) is 19.6 Å². The van der Waals surface area contributed by atoms with Crippen molar-refractivity contribution < 1.29 is 0 Å². The first-order valence-electron chi connectivity index (χ1n) is 5.39. The number of hydrogen-bond donors (Lipinski definition) is 2. The van der Waals surface area contributed by atoms with Gasteiger partial charge in [0.05, 0.1) is 0 Å². The Morgan fingerprint density at radius 2 is 1.71 bits per heavy atom. The van der Waals surface area contributed by atoms with E-state index in [0.717, 1.165) is 26.2 Å². The van der Waals surface area contributed by atoms with Crippen LogP contribution >= 0.6 is 0 Å². The maximum absolute atomic E-state index is 3.42. The Hall–Kier alpha value is -0.860. The van der Waals surface area contributed by atoms with Crippen molar-refractivity contribution in [3.8, 4) is 0 Å². The molecule has 0 aliphatic rings. The molecule has 0 aliphatic heterocycles. The molecule has 78 valence electrons. The van der Waals surface area contributed by atoms with Gasteiger partial charge < -0.3 is 10.6 Å². The van der Waals surface area contributed by atoms with Gasteiger partial charge in [-0.25, -0.2) is 0 Å². The van der Waals surface area contributed by atoms with Gasteiger partial charge in [0.25, 0.3) is 0 Å². The highest BCUT2D eigenvalue weighted by Gasteiger charge is 1.90. The second kappa shape index (κ2) is 7.54. The van der Waals surface area contributed by atoms with Crippen molar-refractivity contribution in [1.29, 1.82) is 0 Å². The van der Waals surface area contributed by atoms with Crippen molar-refractivity contribution in [3.05, 3.63) is 35.9 Å². The minimum atomic E-state index is 0.979. The van der Waals surface area contributed by atoms with Gasteiger partial charge in [-0.15, -0.1) is 0 Å². The summed E-state index contributed by atoms with van der Waals surface area (Å²) in [5.74, 6) is 0. The molecule has 0 aliphatic carbocycles. The fourth-order valence-electron chi connectivity index (χ4n) is 1.34. The lowest BCUT2D eigenvalue weighted by Crippen LogP contribution is -2.21. The molecule has 0 unspecified atom stereocenters. The summed E-state index contributed by atoms with van der Waals surface area (Å²) < 4.78 is 0. The Kier molecular flexibility index (Phi) is 6.04. The van der Waals surface area contributed by atoms with Gasteiger partial charge in [0.2, 0.25) is 0 Å². The summed E-state index contributed by atoms with van der Waals surface area (Å²) in [6.07, 6.45) is 1.20. The lowest BCUT2D eigenvalue weighted by Gasteiger charge is -2.04. The van der Waals surface area contributed by atoms with Gasteiger partial charge in [0.15, 0.2) is 0 Å². The van der Waals surface area contributed by atoms with Gasteiger partial charge in [0, 0.05) is 6.54 Å². The van der Waals surface area contributed by atoms with Gasteiger partial charge in [-0.3, -0.25) is 0 Å². The maximum Gasteiger partial charge on any atom is 0.0205 e. The van der Waals surface area contributed by atoms with Crippen LogP contribution in [-0.4, -0.2) is 19.6 Å². The second-order valence-electron chi connectivity index (χ2n) is 3.37. The van der Waals surface area contributed by atoms with E-state index in [4.69, 9.17) is 0 Å². The highest BCUT2D eigenvalue weighted by molar-refractivity contribution is 5.14. The summed E-state index contributed by atoms with van der Waals surface area (Å²) in [6.45, 7) is 6.38. The molecule has 1 aromatic carbocycles. The smallest absolute Gasteiger partial charge is 0.0205 e. The number of nitrogens with one attached hydrogen (secondary N) is 2. The van der Waals surface area contributed by atoms with Crippen molar-refractivity contribution in [2.45, 2.75) is 19.9 Å². The van der Waals surface area contributed by atoms with Crippen molar-refractivity contribution in [3.63, 3.8) is 0 Å². The zero-order valence-electron chi connectivity index (χ0n) is 8.92. The van der Waals surface area contributed by atoms with Crippen LogP contribution in [0.4, 0.5) is 0 Å². The molecule has 0 radical (unpaired) electrons. The Labute approximate surface area is 86.7 Å². The largest absolute Gasteiger partial charge is 0.317 e. The molecule has 0 bridgehead atoms. The van der Waals surface area contributed by atoms with E-state index in [1.54, 1.807) is 0 Å². The molecule has 1 rings (SSSR count). The summed E-state index contributed by atoms with van der Waals surface area (Å²) in [6, 6.07) is 10.5. The Balaban J connectivity index is 1.99. The van der Waals surface area contributed by atoms with E-state index in [9.17, 15) is 0 Å². The summed E-state index contributed by atoms with van der Waals surface area (Å²) in [5, 5.41) is 6.73. The van der Waals surface area contributed by atoms with Crippen LogP contribution in [-0.2, 0) is 6.54 Å². The van der Waals surface area contributed by atoms with Crippen LogP contribution in [0.2, 0.25) is 0 Å². The quantitative estimate of drug-likeness (QED) is 0.643. The number of hydrogen-bond acceptors (Lipinski definition) is 2. The number of rotatable bonds is 7. The van der Waals surface area contributed by atoms with Gasteiger partial charge >= 0.3 is 0 Å². The Morgan fingerprint density at radius 1 is 1.00 bits per heavy atom. The average Bonchev–Trinajstić information content (AvgIpc) is 2.25. The van der Waals surface area contributed by atoms with Gasteiger partial charge in [-0.05, 0) is 31.6 Å². The first-order valence-corrected chi connectivity index (χ1v) is 5.39. The molecule has 0 saturated carbocycles. The van der Waals surface area contributed by atoms with Crippen molar-refractivity contribution in [2.24, 2.45) is 0 Å². The summed E-state index contributed by atoms with van der Waals surface area (Å²) in [4.78, 5) is 0. The summed E-state index contributed by atoms with van der Waals surface area (Å²) in [5.41, 5.74) is 1.36. The molecule has 0 amide bonds. The van der Waals surface area contributed by atoms with Crippen LogP contribution in [0.1, 0.15) is 18.9 Å². The molecule has 0 aromatic heterocycles. The Morgan fingerprint density at radius 3 is 2.43 bits per heavy atom. The third-order valence-electron chi connectivity index (χ3n) is 2.13. The van der Waals surface area contributed by atoms with Crippen molar-refractivity contribution >= 4 is 0 Å². The molecule has 0 heterocycles. The minimum Gasteiger partial charge on any atom is -0.317 e. The van der Waals surface area contributed by atoms with Crippen LogP contribution in [0, 0.1) is 0 Å². The fourth-order valence-corrected chi connectivity index (χ4v) is 1.34. The molecule has 1 aromatic rings. The average molecular weight is 192 g/mol. The third-order valence-corrected chi connectivity index (χ3v) is 2.13. The minimum absolute atomic E-state index is 0.979. The normalized spacial score (nSPS) is 10.4. The van der Waals surface area contributed by atoms with E-state index >= 15 is 0 Å². The van der Waals surface area contributed by atoms with Crippen LogP contribution in [0.25, 0.3) is 0 Å². The third kappa shape index (κ3) is 5.00. The van der Waals surface area contributed by atoms with E-state index in [1.807, 2.05) is 0 Å². The summed E-state index contributed by atoms with van der Waals surface area (Å²) in [7, 11) is 0. The van der Waals surface area contributed by atoms with Crippen LogP contribution in [0.15, 0.2) is 30.3 Å². The lowest BCUT2D eigenvalue weighted by atomic mass is 10.2. The van der Waals surface area contributed by atoms with E-state index in [1.165, 1.54) is 12.0 Å². The highest BCUT2D eigenvalue weighted by Crippen LogP contribution is 1.96.